The van der Waals surface area contributed by atoms with Crippen LogP contribution in [-0.2, 0) is 14.3 Å². The van der Waals surface area contributed by atoms with Crippen molar-refractivity contribution in [3.05, 3.63) is 59.7 Å². The minimum absolute atomic E-state index is 0.0555. The van der Waals surface area contributed by atoms with Gasteiger partial charge in [-0.3, -0.25) is 9.59 Å². The lowest BCUT2D eigenvalue weighted by Crippen LogP contribution is -2.60. The smallest absolute Gasteiger partial charge is 0.408 e. The van der Waals surface area contributed by atoms with Crippen LogP contribution in [-0.4, -0.2) is 41.3 Å². The van der Waals surface area contributed by atoms with Crippen LogP contribution in [0.4, 0.5) is 4.79 Å². The molecular formula is C28H32N2O5. The molecule has 184 valence electrons. The second-order valence-electron chi connectivity index (χ2n) is 10.0. The molecule has 2 unspecified atom stereocenters. The number of hydrogen-bond donors (Lipinski definition) is 3. The fourth-order valence-corrected chi connectivity index (χ4v) is 6.12. The standard InChI is InChI=1S/C28H32N2O5/c31-25(32)22-13-5-6-14-24(22)29-26(33)28(15-7-8-16-28)30-27(34)35-17-23-20-11-3-1-9-18(20)19-10-2-4-12-21(19)23/h1-4,9-12,22-24H,5-8,13-17H2,(H,29,33)(H,30,34)(H,31,32). The van der Waals surface area contributed by atoms with Gasteiger partial charge in [-0.15, -0.1) is 0 Å². The summed E-state index contributed by atoms with van der Waals surface area (Å²) < 4.78 is 5.70. The number of carbonyl (C=O) groups is 3. The number of carbonyl (C=O) groups excluding carboxylic acids is 2. The zero-order valence-electron chi connectivity index (χ0n) is 19.8. The van der Waals surface area contributed by atoms with Crippen molar-refractivity contribution in [1.29, 1.82) is 0 Å². The van der Waals surface area contributed by atoms with Gasteiger partial charge in [0.25, 0.3) is 0 Å². The van der Waals surface area contributed by atoms with Crippen molar-refractivity contribution in [2.45, 2.75) is 68.9 Å². The highest BCUT2D eigenvalue weighted by molar-refractivity contribution is 5.91. The third kappa shape index (κ3) is 4.51. The summed E-state index contributed by atoms with van der Waals surface area (Å²) in [5.74, 6) is -1.80. The fourth-order valence-electron chi connectivity index (χ4n) is 6.12. The van der Waals surface area contributed by atoms with Crippen molar-refractivity contribution < 1.29 is 24.2 Å². The minimum atomic E-state index is -1.05. The molecule has 3 aliphatic rings. The van der Waals surface area contributed by atoms with Gasteiger partial charge in [0, 0.05) is 12.0 Å². The Labute approximate surface area is 205 Å². The maximum atomic E-state index is 13.4. The molecule has 0 aliphatic heterocycles. The van der Waals surface area contributed by atoms with E-state index in [9.17, 15) is 19.5 Å². The Morgan fingerprint density at radius 3 is 2.11 bits per heavy atom. The van der Waals surface area contributed by atoms with E-state index in [0.29, 0.717) is 25.7 Å². The number of hydrogen-bond acceptors (Lipinski definition) is 4. The van der Waals surface area contributed by atoms with Crippen molar-refractivity contribution in [3.8, 4) is 11.1 Å². The number of fused-ring (bicyclic) bond motifs is 3. The Morgan fingerprint density at radius 1 is 0.886 bits per heavy atom. The van der Waals surface area contributed by atoms with Crippen molar-refractivity contribution in [1.82, 2.24) is 10.6 Å². The van der Waals surface area contributed by atoms with Gasteiger partial charge in [-0.1, -0.05) is 74.2 Å². The third-order valence-electron chi connectivity index (χ3n) is 7.98. The highest BCUT2D eigenvalue weighted by Gasteiger charge is 2.45. The SMILES string of the molecule is O=C(NC1(C(=O)NC2CCCCC2C(=O)O)CCCC1)OCC1c2ccccc2-c2ccccc21. The summed E-state index contributed by atoms with van der Waals surface area (Å²) >= 11 is 0. The molecule has 0 radical (unpaired) electrons. The highest BCUT2D eigenvalue weighted by Crippen LogP contribution is 2.44. The van der Waals surface area contributed by atoms with E-state index in [0.717, 1.165) is 47.9 Å². The van der Waals surface area contributed by atoms with Crippen molar-refractivity contribution in [2.24, 2.45) is 5.92 Å². The van der Waals surface area contributed by atoms with Gasteiger partial charge in [0.05, 0.1) is 5.92 Å². The zero-order chi connectivity index (χ0) is 24.4. The Morgan fingerprint density at radius 2 is 1.49 bits per heavy atom. The molecule has 2 aromatic rings. The van der Waals surface area contributed by atoms with Gasteiger partial charge in [-0.25, -0.2) is 4.79 Å². The van der Waals surface area contributed by atoms with E-state index in [1.54, 1.807) is 0 Å². The molecule has 2 saturated carbocycles. The van der Waals surface area contributed by atoms with Gasteiger partial charge in [0.2, 0.25) is 5.91 Å². The molecular weight excluding hydrogens is 444 g/mol. The Balaban J connectivity index is 1.26. The summed E-state index contributed by atoms with van der Waals surface area (Å²) in [6, 6.07) is 15.9. The molecule has 3 aliphatic carbocycles. The molecule has 7 heteroatoms. The van der Waals surface area contributed by atoms with Crippen LogP contribution in [0.2, 0.25) is 0 Å². The predicted molar refractivity (Wildman–Crippen MR) is 131 cm³/mol. The highest BCUT2D eigenvalue weighted by atomic mass is 16.5. The van der Waals surface area contributed by atoms with Crippen LogP contribution in [0.5, 0.6) is 0 Å². The van der Waals surface area contributed by atoms with E-state index in [-0.39, 0.29) is 18.4 Å². The number of benzene rings is 2. The van der Waals surface area contributed by atoms with Crippen molar-refractivity contribution in [2.75, 3.05) is 6.61 Å². The quantitative estimate of drug-likeness (QED) is 0.565. The fraction of sp³-hybridized carbons (Fsp3) is 0.464. The van der Waals surface area contributed by atoms with Crippen LogP contribution in [0.3, 0.4) is 0 Å². The Kier molecular flexibility index (Phi) is 6.50. The van der Waals surface area contributed by atoms with Gasteiger partial charge < -0.3 is 20.5 Å². The molecule has 2 aromatic carbocycles. The first kappa shape index (κ1) is 23.4. The number of ether oxygens (including phenoxy) is 1. The lowest BCUT2D eigenvalue weighted by atomic mass is 9.83. The number of nitrogens with one attached hydrogen (secondary N) is 2. The van der Waals surface area contributed by atoms with E-state index >= 15 is 0 Å². The molecule has 0 aromatic heterocycles. The second kappa shape index (κ2) is 9.72. The molecule has 0 heterocycles. The van der Waals surface area contributed by atoms with E-state index < -0.39 is 29.6 Å². The van der Waals surface area contributed by atoms with E-state index in [4.69, 9.17) is 4.74 Å². The van der Waals surface area contributed by atoms with Crippen LogP contribution in [0, 0.1) is 5.92 Å². The molecule has 35 heavy (non-hydrogen) atoms. The lowest BCUT2D eigenvalue weighted by molar-refractivity contribution is -0.144. The first-order valence-corrected chi connectivity index (χ1v) is 12.7. The molecule has 2 atom stereocenters. The number of carboxylic acids is 1. The van der Waals surface area contributed by atoms with Crippen LogP contribution in [0.1, 0.15) is 68.4 Å². The van der Waals surface area contributed by atoms with E-state index in [1.165, 1.54) is 0 Å². The molecule has 3 N–H and O–H groups in total. The lowest BCUT2D eigenvalue weighted by Gasteiger charge is -2.34. The van der Waals surface area contributed by atoms with Crippen molar-refractivity contribution >= 4 is 18.0 Å². The number of rotatable bonds is 6. The first-order valence-electron chi connectivity index (χ1n) is 12.7. The van der Waals surface area contributed by atoms with Crippen LogP contribution in [0.25, 0.3) is 11.1 Å². The molecule has 2 amide bonds. The number of alkyl carbamates (subject to hydrolysis) is 1. The molecule has 7 nitrogen and oxygen atoms in total. The monoisotopic (exact) mass is 476 g/mol. The van der Waals surface area contributed by atoms with Crippen LogP contribution >= 0.6 is 0 Å². The predicted octanol–water partition coefficient (Wildman–Crippen LogP) is 4.60. The average molecular weight is 477 g/mol. The summed E-state index contributed by atoms with van der Waals surface area (Å²) in [5, 5.41) is 15.4. The van der Waals surface area contributed by atoms with Crippen LogP contribution in [0.15, 0.2) is 48.5 Å². The third-order valence-corrected chi connectivity index (χ3v) is 7.98. The largest absolute Gasteiger partial charge is 0.481 e. The summed E-state index contributed by atoms with van der Waals surface area (Å²) in [6.45, 7) is 0.182. The summed E-state index contributed by atoms with van der Waals surface area (Å²) in [4.78, 5) is 38.0. The number of aliphatic carboxylic acids is 1. The Hall–Kier alpha value is -3.35. The topological polar surface area (TPSA) is 105 Å². The van der Waals surface area contributed by atoms with Gasteiger partial charge in [-0.2, -0.15) is 0 Å². The van der Waals surface area contributed by atoms with E-state index in [1.807, 2.05) is 24.3 Å². The summed E-state index contributed by atoms with van der Waals surface area (Å²) in [6.07, 6.45) is 5.03. The molecule has 0 spiro atoms. The molecule has 0 saturated heterocycles. The molecule has 0 bridgehead atoms. The van der Waals surface area contributed by atoms with Crippen LogP contribution < -0.4 is 10.6 Å². The van der Waals surface area contributed by atoms with Gasteiger partial charge in [-0.05, 0) is 47.9 Å². The van der Waals surface area contributed by atoms with E-state index in [2.05, 4.69) is 34.9 Å². The minimum Gasteiger partial charge on any atom is -0.481 e. The summed E-state index contributed by atoms with van der Waals surface area (Å²) in [5.41, 5.74) is 3.52. The first-order chi connectivity index (χ1) is 17.0. The average Bonchev–Trinajstić information content (AvgIpc) is 3.46. The maximum Gasteiger partial charge on any atom is 0.408 e. The maximum absolute atomic E-state index is 13.4. The van der Waals surface area contributed by atoms with Gasteiger partial charge in [0.15, 0.2) is 0 Å². The van der Waals surface area contributed by atoms with Crippen molar-refractivity contribution in [3.63, 3.8) is 0 Å². The molecule has 2 fully saturated rings. The number of amides is 2. The molecule has 5 rings (SSSR count). The normalized spacial score (nSPS) is 22.6. The van der Waals surface area contributed by atoms with Gasteiger partial charge >= 0.3 is 12.1 Å². The Bertz CT molecular complexity index is 1080. The zero-order valence-corrected chi connectivity index (χ0v) is 19.8. The summed E-state index contributed by atoms with van der Waals surface area (Å²) in [7, 11) is 0. The second-order valence-corrected chi connectivity index (χ2v) is 10.0. The van der Waals surface area contributed by atoms with Gasteiger partial charge in [0.1, 0.15) is 12.1 Å². The number of carboxylic acid groups (broad SMARTS) is 1.